The van der Waals surface area contributed by atoms with Crippen molar-refractivity contribution in [2.75, 3.05) is 0 Å². The zero-order chi connectivity index (χ0) is 15.2. The van der Waals surface area contributed by atoms with Crippen molar-refractivity contribution >= 4 is 27.9 Å². The van der Waals surface area contributed by atoms with Gasteiger partial charge in [-0.2, -0.15) is 0 Å². The summed E-state index contributed by atoms with van der Waals surface area (Å²) in [6.07, 6.45) is 1.68. The molecular weight excluding hydrogens is 272 g/mol. The molecule has 3 rings (SSSR count). The van der Waals surface area contributed by atoms with E-state index >= 15 is 0 Å². The average molecular weight is 286 g/mol. The lowest BCUT2D eigenvalue weighted by Crippen LogP contribution is -2.28. The number of aliphatic carboxylic acids is 1. The first-order valence-electron chi connectivity index (χ1n) is 6.54. The lowest BCUT2D eigenvalue weighted by atomic mass is 9.86. The van der Waals surface area contributed by atoms with Gasteiger partial charge in [0.05, 0.1) is 11.7 Å². The topological polar surface area (TPSA) is 80.7 Å². The van der Waals surface area contributed by atoms with Gasteiger partial charge < -0.3 is 13.9 Å². The van der Waals surface area contributed by atoms with Crippen LogP contribution in [0.1, 0.15) is 19.4 Å². The van der Waals surface area contributed by atoms with Gasteiger partial charge in [0.25, 0.3) is 0 Å². The van der Waals surface area contributed by atoms with Crippen LogP contribution in [0.3, 0.4) is 0 Å². The Balaban J connectivity index is 2.15. The molecule has 2 aromatic heterocycles. The quantitative estimate of drug-likeness (QED) is 0.748. The van der Waals surface area contributed by atoms with Crippen LogP contribution in [0, 0.1) is 5.41 Å². The molecule has 0 unspecified atom stereocenters. The van der Waals surface area contributed by atoms with Crippen molar-refractivity contribution in [3.8, 4) is 0 Å². The van der Waals surface area contributed by atoms with Crippen molar-refractivity contribution < 1.29 is 18.7 Å². The highest BCUT2D eigenvalue weighted by Crippen LogP contribution is 2.26. The summed E-state index contributed by atoms with van der Waals surface area (Å²) in [6.45, 7) is 3.16. The van der Waals surface area contributed by atoms with E-state index in [0.717, 1.165) is 10.8 Å². The predicted molar refractivity (Wildman–Crippen MR) is 77.4 cm³/mol. The van der Waals surface area contributed by atoms with Gasteiger partial charge in [0, 0.05) is 22.4 Å². The van der Waals surface area contributed by atoms with Crippen molar-refractivity contribution in [3.05, 3.63) is 46.5 Å². The summed E-state index contributed by atoms with van der Waals surface area (Å²) in [5.41, 5.74) is -0.105. The van der Waals surface area contributed by atoms with Crippen LogP contribution in [-0.4, -0.2) is 11.1 Å². The Bertz CT molecular complexity index is 898. The number of furan rings is 1. The van der Waals surface area contributed by atoms with Crippen LogP contribution in [0.4, 0.5) is 0 Å². The Morgan fingerprint density at radius 1 is 1.19 bits per heavy atom. The van der Waals surface area contributed by atoms with Crippen LogP contribution in [0.2, 0.25) is 0 Å². The Labute approximate surface area is 119 Å². The molecule has 5 nitrogen and oxygen atoms in total. The molecule has 0 amide bonds. The molecule has 0 fully saturated rings. The number of carboxylic acid groups (broad SMARTS) is 1. The number of hydrogen-bond acceptors (Lipinski definition) is 4. The largest absolute Gasteiger partial charge is 0.481 e. The van der Waals surface area contributed by atoms with Crippen LogP contribution in [0.15, 0.2) is 44.2 Å². The van der Waals surface area contributed by atoms with E-state index in [-0.39, 0.29) is 6.42 Å². The Morgan fingerprint density at radius 3 is 2.67 bits per heavy atom. The van der Waals surface area contributed by atoms with Crippen molar-refractivity contribution in [1.29, 1.82) is 0 Å². The summed E-state index contributed by atoms with van der Waals surface area (Å²) in [6, 6.07) is 7.03. The zero-order valence-electron chi connectivity index (χ0n) is 11.7. The normalized spacial score (nSPS) is 12.1. The van der Waals surface area contributed by atoms with Crippen molar-refractivity contribution in [2.45, 2.75) is 20.3 Å². The fourth-order valence-corrected chi connectivity index (χ4v) is 2.30. The minimum absolute atomic E-state index is 0.115. The molecule has 0 spiro atoms. The van der Waals surface area contributed by atoms with Gasteiger partial charge in [-0.15, -0.1) is 0 Å². The van der Waals surface area contributed by atoms with E-state index in [0.29, 0.717) is 16.7 Å². The zero-order valence-corrected chi connectivity index (χ0v) is 11.7. The van der Waals surface area contributed by atoms with Crippen LogP contribution < -0.4 is 5.63 Å². The minimum atomic E-state index is -1.03. The van der Waals surface area contributed by atoms with Crippen LogP contribution >= 0.6 is 0 Å². The molecule has 5 heteroatoms. The van der Waals surface area contributed by atoms with Gasteiger partial charge in [0.2, 0.25) is 0 Å². The molecule has 1 N–H and O–H groups in total. The van der Waals surface area contributed by atoms with E-state index in [9.17, 15) is 14.7 Å². The van der Waals surface area contributed by atoms with Crippen LogP contribution in [0.5, 0.6) is 0 Å². The predicted octanol–water partition coefficient (Wildman–Crippen LogP) is 3.19. The van der Waals surface area contributed by atoms with Crippen LogP contribution in [0.25, 0.3) is 21.9 Å². The molecule has 108 valence electrons. The van der Waals surface area contributed by atoms with E-state index in [4.69, 9.17) is 8.83 Å². The van der Waals surface area contributed by atoms with E-state index in [1.807, 2.05) is 12.1 Å². The maximum absolute atomic E-state index is 12.0. The molecule has 0 aliphatic rings. The van der Waals surface area contributed by atoms with Crippen molar-refractivity contribution in [2.24, 2.45) is 5.41 Å². The first-order chi connectivity index (χ1) is 9.87. The van der Waals surface area contributed by atoms with Crippen molar-refractivity contribution in [3.63, 3.8) is 0 Å². The molecule has 0 atom stereocenters. The van der Waals surface area contributed by atoms with Gasteiger partial charge in [-0.05, 0) is 38.5 Å². The second-order valence-corrected chi connectivity index (χ2v) is 5.77. The van der Waals surface area contributed by atoms with E-state index in [2.05, 4.69) is 0 Å². The molecule has 0 aliphatic heterocycles. The first kappa shape index (κ1) is 13.4. The lowest BCUT2D eigenvalue weighted by Gasteiger charge is -2.18. The number of carbonyl (C=O) groups is 1. The molecular formula is C16H14O5. The number of hydrogen-bond donors (Lipinski definition) is 1. The second kappa shape index (κ2) is 4.48. The standard InChI is InChI=1S/C16H14O5/c1-16(2,15(18)19)8-11-6-10-5-9-3-4-20-12(9)7-13(10)21-14(11)17/h3-7H,8H2,1-2H3,(H,18,19). The van der Waals surface area contributed by atoms with Crippen molar-refractivity contribution in [1.82, 2.24) is 0 Å². The van der Waals surface area contributed by atoms with E-state index in [1.54, 1.807) is 32.2 Å². The monoisotopic (exact) mass is 286 g/mol. The Hall–Kier alpha value is -2.56. The SMILES string of the molecule is CC(C)(Cc1cc2cc3ccoc3cc2oc1=O)C(=O)O. The first-order valence-corrected chi connectivity index (χ1v) is 6.54. The van der Waals surface area contributed by atoms with E-state index in [1.165, 1.54) is 0 Å². The highest BCUT2D eigenvalue weighted by atomic mass is 16.4. The smallest absolute Gasteiger partial charge is 0.339 e. The summed E-state index contributed by atoms with van der Waals surface area (Å²) >= 11 is 0. The molecule has 0 saturated carbocycles. The Morgan fingerprint density at radius 2 is 1.95 bits per heavy atom. The minimum Gasteiger partial charge on any atom is -0.481 e. The number of fused-ring (bicyclic) bond motifs is 2. The van der Waals surface area contributed by atoms with Gasteiger partial charge in [0.1, 0.15) is 11.2 Å². The van der Waals surface area contributed by atoms with Gasteiger partial charge in [-0.25, -0.2) is 4.79 Å². The molecule has 0 saturated heterocycles. The highest BCUT2D eigenvalue weighted by molar-refractivity contribution is 5.93. The molecule has 0 bridgehead atoms. The molecule has 0 radical (unpaired) electrons. The average Bonchev–Trinajstić information content (AvgIpc) is 2.83. The van der Waals surface area contributed by atoms with E-state index < -0.39 is 17.0 Å². The Kier molecular flexibility index (Phi) is 2.86. The summed E-state index contributed by atoms with van der Waals surface area (Å²) in [4.78, 5) is 23.2. The second-order valence-electron chi connectivity index (χ2n) is 5.77. The third-order valence-corrected chi connectivity index (χ3v) is 3.59. The molecule has 2 heterocycles. The fraction of sp³-hybridized carbons (Fsp3) is 0.250. The third kappa shape index (κ3) is 2.31. The molecule has 3 aromatic rings. The van der Waals surface area contributed by atoms with Gasteiger partial charge in [-0.1, -0.05) is 0 Å². The van der Waals surface area contributed by atoms with Gasteiger partial charge in [0.15, 0.2) is 0 Å². The summed E-state index contributed by atoms with van der Waals surface area (Å²) in [5.74, 6) is -0.952. The number of carboxylic acids is 1. The third-order valence-electron chi connectivity index (χ3n) is 3.59. The fourth-order valence-electron chi connectivity index (χ4n) is 2.30. The maximum Gasteiger partial charge on any atom is 0.339 e. The number of rotatable bonds is 3. The number of benzene rings is 1. The van der Waals surface area contributed by atoms with Crippen LogP contribution in [-0.2, 0) is 11.2 Å². The van der Waals surface area contributed by atoms with Gasteiger partial charge in [-0.3, -0.25) is 4.79 Å². The lowest BCUT2D eigenvalue weighted by molar-refractivity contribution is -0.146. The summed E-state index contributed by atoms with van der Waals surface area (Å²) in [7, 11) is 0. The molecule has 0 aliphatic carbocycles. The molecule has 21 heavy (non-hydrogen) atoms. The molecule has 1 aromatic carbocycles. The van der Waals surface area contributed by atoms with Gasteiger partial charge >= 0.3 is 11.6 Å². The highest BCUT2D eigenvalue weighted by Gasteiger charge is 2.29. The summed E-state index contributed by atoms with van der Waals surface area (Å²) in [5, 5.41) is 10.8. The maximum atomic E-state index is 12.0. The summed E-state index contributed by atoms with van der Waals surface area (Å²) < 4.78 is 10.6.